The lowest BCUT2D eigenvalue weighted by Crippen LogP contribution is -2.25. The average molecular weight is 297 g/mol. The van der Waals surface area contributed by atoms with E-state index in [9.17, 15) is 5.11 Å². The van der Waals surface area contributed by atoms with Gasteiger partial charge in [0.2, 0.25) is 0 Å². The van der Waals surface area contributed by atoms with E-state index in [2.05, 4.69) is 12.2 Å². The fraction of sp³-hybridized carbons (Fsp3) is 0.625. The van der Waals surface area contributed by atoms with Crippen molar-refractivity contribution in [3.8, 4) is 5.75 Å². The Bertz CT molecular complexity index is 356. The molecule has 1 aromatic carbocycles. The third-order valence-electron chi connectivity index (χ3n) is 2.96. The van der Waals surface area contributed by atoms with Crippen molar-refractivity contribution in [2.45, 2.75) is 26.0 Å². The monoisotopic (exact) mass is 297 g/mol. The van der Waals surface area contributed by atoms with Gasteiger partial charge in [-0.15, -0.1) is 0 Å². The van der Waals surface area contributed by atoms with Gasteiger partial charge in [0.1, 0.15) is 18.6 Å². The van der Waals surface area contributed by atoms with Gasteiger partial charge in [0.25, 0.3) is 0 Å². The van der Waals surface area contributed by atoms with Crippen LogP contribution in [0.25, 0.3) is 0 Å². The van der Waals surface area contributed by atoms with Crippen LogP contribution in [-0.4, -0.2) is 51.4 Å². The minimum absolute atomic E-state index is 0.486. The number of benzene rings is 1. The number of nitrogens with one attached hydrogen (secondary N) is 1. The Balaban J connectivity index is 1.85. The second-order valence-corrected chi connectivity index (χ2v) is 4.83. The predicted molar refractivity (Wildman–Crippen MR) is 82.6 cm³/mol. The zero-order chi connectivity index (χ0) is 15.3. The first-order chi connectivity index (χ1) is 10.2. The Kier molecular flexibility index (Phi) is 9.82. The molecule has 0 amide bonds. The Hall–Kier alpha value is -1.14. The minimum Gasteiger partial charge on any atom is -0.491 e. The first kappa shape index (κ1) is 17.9. The van der Waals surface area contributed by atoms with Gasteiger partial charge in [-0.3, -0.25) is 5.32 Å². The van der Waals surface area contributed by atoms with Crippen LogP contribution in [0.3, 0.4) is 0 Å². The summed E-state index contributed by atoms with van der Waals surface area (Å²) in [6.07, 6.45) is 0.960. The van der Waals surface area contributed by atoms with Crippen molar-refractivity contribution in [2.24, 2.45) is 0 Å². The summed E-state index contributed by atoms with van der Waals surface area (Å²) in [4.78, 5) is 0. The molecule has 0 aromatic heterocycles. The SMILES string of the molecule is CNC(O)CCOCCCOCCOc1ccc(C)cc1. The van der Waals surface area contributed by atoms with Crippen molar-refractivity contribution in [2.75, 3.05) is 40.1 Å². The molecule has 0 saturated heterocycles. The zero-order valence-electron chi connectivity index (χ0n) is 13.0. The van der Waals surface area contributed by atoms with Crippen LogP contribution in [0, 0.1) is 6.92 Å². The molecule has 1 rings (SSSR count). The van der Waals surface area contributed by atoms with E-state index < -0.39 is 6.23 Å². The first-order valence-corrected chi connectivity index (χ1v) is 7.42. The maximum atomic E-state index is 9.24. The molecule has 0 radical (unpaired) electrons. The van der Waals surface area contributed by atoms with Crippen LogP contribution in [0.15, 0.2) is 24.3 Å². The van der Waals surface area contributed by atoms with E-state index in [1.165, 1.54) is 5.56 Å². The molecule has 0 fully saturated rings. The highest BCUT2D eigenvalue weighted by Crippen LogP contribution is 2.10. The summed E-state index contributed by atoms with van der Waals surface area (Å²) in [6.45, 7) is 5.04. The molecule has 21 heavy (non-hydrogen) atoms. The third-order valence-corrected chi connectivity index (χ3v) is 2.96. The second kappa shape index (κ2) is 11.5. The molecule has 0 aliphatic rings. The lowest BCUT2D eigenvalue weighted by Gasteiger charge is -2.10. The van der Waals surface area contributed by atoms with Crippen molar-refractivity contribution < 1.29 is 19.3 Å². The lowest BCUT2D eigenvalue weighted by molar-refractivity contribution is 0.0481. The summed E-state index contributed by atoms with van der Waals surface area (Å²) >= 11 is 0. The van der Waals surface area contributed by atoms with Crippen molar-refractivity contribution in [1.82, 2.24) is 5.32 Å². The molecule has 5 nitrogen and oxygen atoms in total. The predicted octanol–water partition coefficient (Wildman–Crippen LogP) is 1.73. The van der Waals surface area contributed by atoms with Crippen LogP contribution < -0.4 is 10.1 Å². The average Bonchev–Trinajstić information content (AvgIpc) is 2.50. The van der Waals surface area contributed by atoms with Gasteiger partial charge in [-0.05, 0) is 32.5 Å². The molecule has 120 valence electrons. The van der Waals surface area contributed by atoms with Gasteiger partial charge < -0.3 is 19.3 Å². The smallest absolute Gasteiger partial charge is 0.119 e. The molecule has 0 aliphatic heterocycles. The van der Waals surface area contributed by atoms with Gasteiger partial charge in [-0.1, -0.05) is 17.7 Å². The molecular weight excluding hydrogens is 270 g/mol. The van der Waals surface area contributed by atoms with Crippen molar-refractivity contribution >= 4 is 0 Å². The Labute approximate surface area is 127 Å². The first-order valence-electron chi connectivity index (χ1n) is 7.42. The molecule has 1 atom stereocenters. The topological polar surface area (TPSA) is 60.0 Å². The van der Waals surface area contributed by atoms with Gasteiger partial charge >= 0.3 is 0 Å². The minimum atomic E-state index is -0.486. The van der Waals surface area contributed by atoms with E-state index in [1.807, 2.05) is 24.3 Å². The van der Waals surface area contributed by atoms with Crippen LogP contribution in [-0.2, 0) is 9.47 Å². The molecule has 0 heterocycles. The summed E-state index contributed by atoms with van der Waals surface area (Å²) in [5, 5.41) is 12.0. The van der Waals surface area contributed by atoms with Gasteiger partial charge in [0, 0.05) is 19.6 Å². The molecule has 0 bridgehead atoms. The summed E-state index contributed by atoms with van der Waals surface area (Å²) in [7, 11) is 1.72. The van der Waals surface area contributed by atoms with Crippen LogP contribution in [0.4, 0.5) is 0 Å². The number of aliphatic hydroxyl groups is 1. The second-order valence-electron chi connectivity index (χ2n) is 4.83. The van der Waals surface area contributed by atoms with E-state index in [4.69, 9.17) is 14.2 Å². The normalized spacial score (nSPS) is 12.3. The number of ether oxygens (including phenoxy) is 3. The van der Waals surface area contributed by atoms with E-state index in [0.717, 1.165) is 12.2 Å². The van der Waals surface area contributed by atoms with Gasteiger partial charge in [0.05, 0.1) is 13.2 Å². The van der Waals surface area contributed by atoms with Gasteiger partial charge in [-0.25, -0.2) is 0 Å². The molecule has 0 aliphatic carbocycles. The Morgan fingerprint density at radius 2 is 1.67 bits per heavy atom. The van der Waals surface area contributed by atoms with Crippen LogP contribution in [0.1, 0.15) is 18.4 Å². The van der Waals surface area contributed by atoms with Crippen LogP contribution in [0.5, 0.6) is 5.75 Å². The molecule has 5 heteroatoms. The molecule has 1 aromatic rings. The molecule has 0 saturated carbocycles. The highest BCUT2D eigenvalue weighted by atomic mass is 16.5. The Morgan fingerprint density at radius 3 is 2.33 bits per heavy atom. The standard InChI is InChI=1S/C16H27NO4/c1-14-4-6-15(7-5-14)21-13-12-20-10-3-9-19-11-8-16(18)17-2/h4-7,16-18H,3,8-13H2,1-2H3. The van der Waals surface area contributed by atoms with E-state index in [0.29, 0.717) is 39.5 Å². The number of hydrogen-bond acceptors (Lipinski definition) is 5. The van der Waals surface area contributed by atoms with Gasteiger partial charge in [0.15, 0.2) is 0 Å². The lowest BCUT2D eigenvalue weighted by atomic mass is 10.2. The number of aliphatic hydroxyl groups excluding tert-OH is 1. The third kappa shape index (κ3) is 9.42. The fourth-order valence-electron chi connectivity index (χ4n) is 1.66. The van der Waals surface area contributed by atoms with E-state index >= 15 is 0 Å². The Morgan fingerprint density at radius 1 is 1.00 bits per heavy atom. The molecule has 2 N–H and O–H groups in total. The van der Waals surface area contributed by atoms with Crippen molar-refractivity contribution in [1.29, 1.82) is 0 Å². The van der Waals surface area contributed by atoms with Crippen LogP contribution in [0.2, 0.25) is 0 Å². The number of aryl methyl sites for hydroxylation is 1. The quantitative estimate of drug-likeness (QED) is 0.454. The molecule has 0 spiro atoms. The zero-order valence-corrected chi connectivity index (χ0v) is 13.0. The largest absolute Gasteiger partial charge is 0.491 e. The summed E-state index contributed by atoms with van der Waals surface area (Å²) in [5.41, 5.74) is 1.22. The van der Waals surface area contributed by atoms with Crippen molar-refractivity contribution in [3.05, 3.63) is 29.8 Å². The highest BCUT2D eigenvalue weighted by Gasteiger charge is 1.99. The maximum absolute atomic E-state index is 9.24. The fourth-order valence-corrected chi connectivity index (χ4v) is 1.66. The van der Waals surface area contributed by atoms with E-state index in [1.54, 1.807) is 7.05 Å². The summed E-state index contributed by atoms with van der Waals surface area (Å²) in [5.74, 6) is 0.871. The molecule has 1 unspecified atom stereocenters. The van der Waals surface area contributed by atoms with Crippen LogP contribution >= 0.6 is 0 Å². The summed E-state index contributed by atoms with van der Waals surface area (Å²) < 4.78 is 16.4. The maximum Gasteiger partial charge on any atom is 0.119 e. The van der Waals surface area contributed by atoms with Gasteiger partial charge in [-0.2, -0.15) is 0 Å². The number of rotatable bonds is 12. The molecular formula is C16H27NO4. The van der Waals surface area contributed by atoms with Crippen molar-refractivity contribution in [3.63, 3.8) is 0 Å². The highest BCUT2D eigenvalue weighted by molar-refractivity contribution is 5.26. The number of hydrogen-bond donors (Lipinski definition) is 2. The summed E-state index contributed by atoms with van der Waals surface area (Å²) in [6, 6.07) is 7.97. The van der Waals surface area contributed by atoms with E-state index in [-0.39, 0.29) is 0 Å².